The number of aromatic nitrogens is 2. The Balaban J connectivity index is 1.47. The van der Waals surface area contributed by atoms with Crippen LogP contribution in [0.1, 0.15) is 42.6 Å². The van der Waals surface area contributed by atoms with Crippen molar-refractivity contribution in [2.75, 3.05) is 6.61 Å². The number of aromatic amines is 1. The van der Waals surface area contributed by atoms with E-state index in [4.69, 9.17) is 9.47 Å². The van der Waals surface area contributed by atoms with Gasteiger partial charge in [0.05, 0.1) is 5.39 Å². The number of nitrogens with zero attached hydrogens (tertiary/aromatic N) is 1. The Kier molecular flexibility index (Phi) is 5.36. The van der Waals surface area contributed by atoms with E-state index in [0.717, 1.165) is 24.8 Å². The smallest absolute Gasteiger partial charge is 0.344 e. The van der Waals surface area contributed by atoms with Crippen molar-refractivity contribution in [2.24, 2.45) is 5.92 Å². The van der Waals surface area contributed by atoms with Gasteiger partial charge in [0.15, 0.2) is 18.5 Å². The van der Waals surface area contributed by atoms with E-state index in [1.807, 2.05) is 0 Å². The summed E-state index contributed by atoms with van der Waals surface area (Å²) < 4.78 is 23.7. The van der Waals surface area contributed by atoms with E-state index in [9.17, 15) is 14.0 Å². The molecule has 0 radical (unpaired) electrons. The van der Waals surface area contributed by atoms with Crippen LogP contribution in [0, 0.1) is 11.7 Å². The predicted molar refractivity (Wildman–Crippen MR) is 108 cm³/mol. The maximum absolute atomic E-state index is 13.2. The van der Waals surface area contributed by atoms with Crippen LogP contribution in [-0.2, 0) is 22.4 Å². The predicted octanol–water partition coefficient (Wildman–Crippen LogP) is 3.93. The summed E-state index contributed by atoms with van der Waals surface area (Å²) >= 11 is 1.55. The van der Waals surface area contributed by atoms with Crippen LogP contribution in [0.2, 0.25) is 0 Å². The van der Waals surface area contributed by atoms with Gasteiger partial charge >= 0.3 is 5.97 Å². The number of nitrogens with one attached hydrogen (secondary N) is 1. The molecule has 1 aliphatic carbocycles. The highest BCUT2D eigenvalue weighted by atomic mass is 32.1. The number of hydrogen-bond donors (Lipinski definition) is 1. The van der Waals surface area contributed by atoms with Crippen LogP contribution in [0.3, 0.4) is 0 Å². The molecule has 0 aliphatic heterocycles. The molecule has 6 nitrogen and oxygen atoms in total. The second-order valence-corrected chi connectivity index (χ2v) is 8.44. The van der Waals surface area contributed by atoms with Crippen LogP contribution in [0.4, 0.5) is 4.39 Å². The maximum atomic E-state index is 13.2. The van der Waals surface area contributed by atoms with Gasteiger partial charge in [-0.1, -0.05) is 13.0 Å². The molecule has 3 aromatic rings. The number of aryl methyl sites for hydroxylation is 1. The number of rotatable bonds is 5. The first kappa shape index (κ1) is 19.6. The quantitative estimate of drug-likeness (QED) is 0.638. The van der Waals surface area contributed by atoms with Gasteiger partial charge in [0.2, 0.25) is 0 Å². The maximum Gasteiger partial charge on any atom is 0.344 e. The van der Waals surface area contributed by atoms with Crippen LogP contribution >= 0.6 is 11.3 Å². The van der Waals surface area contributed by atoms with E-state index in [0.29, 0.717) is 22.0 Å². The molecule has 2 heterocycles. The summed E-state index contributed by atoms with van der Waals surface area (Å²) in [6, 6.07) is 5.51. The molecule has 2 atom stereocenters. The summed E-state index contributed by atoms with van der Waals surface area (Å²) in [5.74, 6) is 0.0532. The molecule has 0 fully saturated rings. The Morgan fingerprint density at radius 3 is 3.07 bits per heavy atom. The van der Waals surface area contributed by atoms with Gasteiger partial charge in [0.1, 0.15) is 16.4 Å². The fourth-order valence-corrected chi connectivity index (χ4v) is 4.93. The summed E-state index contributed by atoms with van der Waals surface area (Å²) in [5.41, 5.74) is 0.910. The minimum Gasteiger partial charge on any atom is -0.482 e. The molecule has 29 heavy (non-hydrogen) atoms. The number of halogens is 1. The van der Waals surface area contributed by atoms with E-state index >= 15 is 0 Å². The zero-order chi connectivity index (χ0) is 20.5. The average molecular weight is 416 g/mol. The molecular weight excluding hydrogens is 395 g/mol. The standard InChI is InChI=1S/C21H21FN2O4S/c1-11-6-7-15-16(8-11)29-21-18(15)20(26)23-19(24-21)12(2)28-17(25)10-27-14-5-3-4-13(22)9-14/h3-5,9,11-12H,6-8,10H2,1-2H3,(H,23,24,26)/t11-,12-/m0/s1. The van der Waals surface area contributed by atoms with Crippen LogP contribution < -0.4 is 10.3 Å². The second-order valence-electron chi connectivity index (χ2n) is 7.36. The average Bonchev–Trinajstić information content (AvgIpc) is 3.04. The molecule has 2 aromatic heterocycles. The van der Waals surface area contributed by atoms with Gasteiger partial charge in [0.25, 0.3) is 5.56 Å². The largest absolute Gasteiger partial charge is 0.482 e. The Morgan fingerprint density at radius 1 is 1.45 bits per heavy atom. The first-order chi connectivity index (χ1) is 13.9. The first-order valence-electron chi connectivity index (χ1n) is 9.53. The van der Waals surface area contributed by atoms with Gasteiger partial charge in [-0.3, -0.25) is 4.79 Å². The summed E-state index contributed by atoms with van der Waals surface area (Å²) in [6.45, 7) is 3.48. The highest BCUT2D eigenvalue weighted by Crippen LogP contribution is 2.35. The van der Waals surface area contributed by atoms with Crippen molar-refractivity contribution in [1.82, 2.24) is 9.97 Å². The minimum absolute atomic E-state index is 0.198. The number of esters is 1. The number of hydrogen-bond acceptors (Lipinski definition) is 6. The summed E-state index contributed by atoms with van der Waals surface area (Å²) in [7, 11) is 0. The van der Waals surface area contributed by atoms with Crippen LogP contribution in [0.15, 0.2) is 29.1 Å². The van der Waals surface area contributed by atoms with Crippen molar-refractivity contribution < 1.29 is 18.7 Å². The van der Waals surface area contributed by atoms with Gasteiger partial charge in [-0.05, 0) is 49.8 Å². The second kappa shape index (κ2) is 7.94. The van der Waals surface area contributed by atoms with Crippen molar-refractivity contribution in [3.63, 3.8) is 0 Å². The van der Waals surface area contributed by atoms with E-state index < -0.39 is 17.9 Å². The lowest BCUT2D eigenvalue weighted by Crippen LogP contribution is -2.21. The van der Waals surface area contributed by atoms with Crippen molar-refractivity contribution in [3.05, 3.63) is 56.7 Å². The van der Waals surface area contributed by atoms with Gasteiger partial charge in [-0.15, -0.1) is 11.3 Å². The molecule has 0 amide bonds. The molecule has 152 valence electrons. The number of carbonyl (C=O) groups excluding carboxylic acids is 1. The minimum atomic E-state index is -0.742. The molecule has 1 aromatic carbocycles. The van der Waals surface area contributed by atoms with Crippen molar-refractivity contribution in [2.45, 2.75) is 39.2 Å². The van der Waals surface area contributed by atoms with E-state index in [1.54, 1.807) is 24.3 Å². The summed E-state index contributed by atoms with van der Waals surface area (Å²) in [5, 5.41) is 0.661. The molecule has 4 rings (SSSR count). The number of H-pyrrole nitrogens is 1. The van der Waals surface area contributed by atoms with Crippen LogP contribution in [-0.4, -0.2) is 22.5 Å². The number of carbonyl (C=O) groups is 1. The SMILES string of the molecule is C[C@H]1CCc2c(sc3nc([C@H](C)OC(=O)COc4cccc(F)c4)[nH]c(=O)c23)C1. The van der Waals surface area contributed by atoms with E-state index in [2.05, 4.69) is 16.9 Å². The molecule has 0 saturated heterocycles. The van der Waals surface area contributed by atoms with Crippen molar-refractivity contribution >= 4 is 27.5 Å². The van der Waals surface area contributed by atoms with Gasteiger partial charge in [-0.25, -0.2) is 14.2 Å². The highest BCUT2D eigenvalue weighted by molar-refractivity contribution is 7.18. The third-order valence-corrected chi connectivity index (χ3v) is 6.18. The Labute approximate surface area is 170 Å². The molecule has 1 aliphatic rings. The molecule has 0 saturated carbocycles. The topological polar surface area (TPSA) is 81.3 Å². The Bertz CT molecular complexity index is 1120. The van der Waals surface area contributed by atoms with E-state index in [1.165, 1.54) is 23.1 Å². The summed E-state index contributed by atoms with van der Waals surface area (Å²) in [4.78, 5) is 33.9. The Morgan fingerprint density at radius 2 is 2.28 bits per heavy atom. The lowest BCUT2D eigenvalue weighted by Gasteiger charge is -2.17. The third kappa shape index (κ3) is 4.17. The van der Waals surface area contributed by atoms with Crippen LogP contribution in [0.5, 0.6) is 5.75 Å². The zero-order valence-corrected chi connectivity index (χ0v) is 17.0. The number of benzene rings is 1. The van der Waals surface area contributed by atoms with Crippen molar-refractivity contribution in [1.29, 1.82) is 0 Å². The molecule has 8 heteroatoms. The normalized spacial score (nSPS) is 17.0. The zero-order valence-electron chi connectivity index (χ0n) is 16.2. The van der Waals surface area contributed by atoms with E-state index in [-0.39, 0.29) is 17.9 Å². The van der Waals surface area contributed by atoms with Crippen molar-refractivity contribution in [3.8, 4) is 5.75 Å². The number of thiophene rings is 1. The number of fused-ring (bicyclic) bond motifs is 3. The first-order valence-corrected chi connectivity index (χ1v) is 10.3. The lowest BCUT2D eigenvalue weighted by atomic mass is 9.89. The monoisotopic (exact) mass is 416 g/mol. The fourth-order valence-electron chi connectivity index (χ4n) is 3.54. The Hall–Kier alpha value is -2.74. The van der Waals surface area contributed by atoms with Gasteiger partial charge < -0.3 is 14.5 Å². The molecule has 1 N–H and O–H groups in total. The molecular formula is C21H21FN2O4S. The van der Waals surface area contributed by atoms with Gasteiger partial charge in [0, 0.05) is 10.9 Å². The van der Waals surface area contributed by atoms with Crippen LogP contribution in [0.25, 0.3) is 10.2 Å². The molecule has 0 bridgehead atoms. The summed E-state index contributed by atoms with van der Waals surface area (Å²) in [6.07, 6.45) is 2.18. The van der Waals surface area contributed by atoms with Gasteiger partial charge in [-0.2, -0.15) is 0 Å². The third-order valence-electron chi connectivity index (χ3n) is 5.03. The molecule has 0 spiro atoms. The highest BCUT2D eigenvalue weighted by Gasteiger charge is 2.24. The lowest BCUT2D eigenvalue weighted by molar-refractivity contribution is -0.151. The fraction of sp³-hybridized carbons (Fsp3) is 0.381. The molecule has 0 unspecified atom stereocenters. The number of ether oxygens (including phenoxy) is 2.